The maximum Gasteiger partial charge on any atom is 0.332 e. The van der Waals surface area contributed by atoms with Gasteiger partial charge in [0.15, 0.2) is 6.10 Å². The van der Waals surface area contributed by atoms with Crippen molar-refractivity contribution in [3.63, 3.8) is 0 Å². The van der Waals surface area contributed by atoms with Crippen LogP contribution < -0.4 is 0 Å². The fourth-order valence-electron chi connectivity index (χ4n) is 2.72. The van der Waals surface area contributed by atoms with E-state index in [0.717, 1.165) is 25.7 Å². The fourth-order valence-corrected chi connectivity index (χ4v) is 2.72. The lowest BCUT2D eigenvalue weighted by Gasteiger charge is -2.24. The lowest BCUT2D eigenvalue weighted by molar-refractivity contribution is -0.152. The van der Waals surface area contributed by atoms with Crippen LogP contribution in [0.1, 0.15) is 45.4 Å². The number of rotatable bonds is 4. The van der Waals surface area contributed by atoms with E-state index in [0.29, 0.717) is 6.61 Å². The minimum Gasteiger partial charge on any atom is -0.479 e. The van der Waals surface area contributed by atoms with Gasteiger partial charge in [0.05, 0.1) is 18.3 Å². The average molecular weight is 228 g/mol. The zero-order chi connectivity index (χ0) is 11.6. The van der Waals surface area contributed by atoms with Crippen LogP contribution in [0.2, 0.25) is 0 Å². The van der Waals surface area contributed by atoms with E-state index in [9.17, 15) is 4.79 Å². The van der Waals surface area contributed by atoms with Crippen LogP contribution >= 0.6 is 0 Å². The fraction of sp³-hybridized carbons (Fsp3) is 0.917. The number of carbonyl (C=O) groups is 1. The summed E-state index contributed by atoms with van der Waals surface area (Å²) in [5.74, 6) is -0.909. The lowest BCUT2D eigenvalue weighted by atomic mass is 9.98. The summed E-state index contributed by atoms with van der Waals surface area (Å²) in [4.78, 5) is 10.6. The Labute approximate surface area is 95.9 Å². The Kier molecular flexibility index (Phi) is 3.50. The van der Waals surface area contributed by atoms with Crippen molar-refractivity contribution < 1.29 is 19.4 Å². The van der Waals surface area contributed by atoms with E-state index in [1.165, 1.54) is 12.8 Å². The van der Waals surface area contributed by atoms with E-state index in [2.05, 4.69) is 0 Å². The second-order valence-electron chi connectivity index (χ2n) is 4.98. The zero-order valence-electron chi connectivity index (χ0n) is 9.78. The lowest BCUT2D eigenvalue weighted by Crippen LogP contribution is -2.29. The van der Waals surface area contributed by atoms with Gasteiger partial charge >= 0.3 is 5.97 Å². The van der Waals surface area contributed by atoms with Gasteiger partial charge in [0.25, 0.3) is 0 Å². The summed E-state index contributed by atoms with van der Waals surface area (Å²) in [6, 6.07) is 0. The number of aliphatic carboxylic acids is 1. The molecule has 0 aromatic carbocycles. The van der Waals surface area contributed by atoms with Crippen molar-refractivity contribution in [1.29, 1.82) is 0 Å². The summed E-state index contributed by atoms with van der Waals surface area (Å²) in [6.07, 6.45) is 6.34. The van der Waals surface area contributed by atoms with E-state index >= 15 is 0 Å². The van der Waals surface area contributed by atoms with Crippen LogP contribution in [-0.2, 0) is 14.3 Å². The van der Waals surface area contributed by atoms with Gasteiger partial charge in [-0.15, -0.1) is 0 Å². The van der Waals surface area contributed by atoms with Crippen molar-refractivity contribution in [2.75, 3.05) is 6.61 Å². The third-order valence-electron chi connectivity index (χ3n) is 3.73. The van der Waals surface area contributed by atoms with Gasteiger partial charge < -0.3 is 14.6 Å². The molecule has 92 valence electrons. The van der Waals surface area contributed by atoms with Crippen LogP contribution in [0, 0.1) is 0 Å². The predicted octanol–water partition coefficient (Wildman–Crippen LogP) is 1.97. The van der Waals surface area contributed by atoms with Gasteiger partial charge in [-0.1, -0.05) is 12.8 Å². The molecule has 4 nitrogen and oxygen atoms in total. The van der Waals surface area contributed by atoms with Gasteiger partial charge in [-0.2, -0.15) is 0 Å². The van der Waals surface area contributed by atoms with Crippen molar-refractivity contribution in [2.24, 2.45) is 0 Å². The summed E-state index contributed by atoms with van der Waals surface area (Å²) >= 11 is 0. The standard InChI is InChI=1S/C12H20O4/c1-9(11(13)14)15-8-10-4-7-12(16-10)5-2-3-6-12/h9-10H,2-8H2,1H3,(H,13,14)/t9-,10?/m0/s1. The Balaban J connectivity index is 1.74. The largest absolute Gasteiger partial charge is 0.479 e. The predicted molar refractivity (Wildman–Crippen MR) is 58.4 cm³/mol. The monoisotopic (exact) mass is 228 g/mol. The Bertz CT molecular complexity index is 258. The summed E-state index contributed by atoms with van der Waals surface area (Å²) in [5, 5.41) is 8.70. The van der Waals surface area contributed by atoms with Crippen molar-refractivity contribution >= 4 is 5.97 Å². The van der Waals surface area contributed by atoms with Crippen molar-refractivity contribution in [2.45, 2.75) is 63.3 Å². The Morgan fingerprint density at radius 2 is 2.19 bits per heavy atom. The minimum atomic E-state index is -0.909. The second kappa shape index (κ2) is 4.72. The van der Waals surface area contributed by atoms with Gasteiger partial charge in [0.2, 0.25) is 0 Å². The Morgan fingerprint density at radius 3 is 2.81 bits per heavy atom. The van der Waals surface area contributed by atoms with Crippen LogP contribution in [0.3, 0.4) is 0 Å². The SMILES string of the molecule is C[C@H](OCC1CCC2(CCCC2)O1)C(=O)O. The molecule has 2 rings (SSSR count). The van der Waals surface area contributed by atoms with E-state index < -0.39 is 12.1 Å². The van der Waals surface area contributed by atoms with Crippen molar-refractivity contribution in [3.05, 3.63) is 0 Å². The topological polar surface area (TPSA) is 55.8 Å². The van der Waals surface area contributed by atoms with Crippen LogP contribution in [0.15, 0.2) is 0 Å². The maximum absolute atomic E-state index is 10.6. The summed E-state index contributed by atoms with van der Waals surface area (Å²) in [5.41, 5.74) is 0.112. The summed E-state index contributed by atoms with van der Waals surface area (Å²) in [7, 11) is 0. The van der Waals surface area contributed by atoms with Gasteiger partial charge in [0.1, 0.15) is 0 Å². The molecule has 1 saturated heterocycles. The molecule has 1 unspecified atom stereocenters. The number of carboxylic acids is 1. The molecule has 1 heterocycles. The van der Waals surface area contributed by atoms with E-state index in [-0.39, 0.29) is 11.7 Å². The molecule has 16 heavy (non-hydrogen) atoms. The molecule has 1 spiro atoms. The van der Waals surface area contributed by atoms with E-state index in [4.69, 9.17) is 14.6 Å². The Morgan fingerprint density at radius 1 is 1.50 bits per heavy atom. The summed E-state index contributed by atoms with van der Waals surface area (Å²) in [6.45, 7) is 1.97. The molecule has 0 aromatic rings. The minimum absolute atomic E-state index is 0.0971. The highest BCUT2D eigenvalue weighted by Crippen LogP contribution is 2.43. The number of hydrogen-bond donors (Lipinski definition) is 1. The summed E-state index contributed by atoms with van der Waals surface area (Å²) < 4.78 is 11.3. The molecule has 2 aliphatic rings. The molecule has 1 saturated carbocycles. The van der Waals surface area contributed by atoms with Gasteiger partial charge in [-0.05, 0) is 32.6 Å². The molecule has 1 aliphatic heterocycles. The van der Waals surface area contributed by atoms with E-state index in [1.54, 1.807) is 6.92 Å². The van der Waals surface area contributed by atoms with Crippen LogP contribution in [-0.4, -0.2) is 35.5 Å². The quantitative estimate of drug-likeness (QED) is 0.799. The average Bonchev–Trinajstić information content (AvgIpc) is 2.86. The van der Waals surface area contributed by atoms with Crippen LogP contribution in [0.5, 0.6) is 0 Å². The van der Waals surface area contributed by atoms with Gasteiger partial charge in [-0.25, -0.2) is 4.79 Å². The maximum atomic E-state index is 10.6. The molecule has 2 atom stereocenters. The van der Waals surface area contributed by atoms with Crippen molar-refractivity contribution in [1.82, 2.24) is 0 Å². The number of carboxylic acid groups (broad SMARTS) is 1. The molecule has 4 heteroatoms. The number of hydrogen-bond acceptors (Lipinski definition) is 3. The molecule has 1 N–H and O–H groups in total. The molecule has 1 aliphatic carbocycles. The first-order valence-electron chi connectivity index (χ1n) is 6.14. The molecule has 0 aromatic heterocycles. The number of ether oxygens (including phenoxy) is 2. The highest BCUT2D eigenvalue weighted by atomic mass is 16.6. The van der Waals surface area contributed by atoms with Gasteiger partial charge in [-0.3, -0.25) is 0 Å². The third kappa shape index (κ3) is 2.55. The first-order valence-corrected chi connectivity index (χ1v) is 6.14. The van der Waals surface area contributed by atoms with Crippen molar-refractivity contribution in [3.8, 4) is 0 Å². The molecular formula is C12H20O4. The molecule has 0 amide bonds. The third-order valence-corrected chi connectivity index (χ3v) is 3.73. The smallest absolute Gasteiger partial charge is 0.332 e. The highest BCUT2D eigenvalue weighted by molar-refractivity contribution is 5.71. The molecular weight excluding hydrogens is 208 g/mol. The molecule has 0 bridgehead atoms. The van der Waals surface area contributed by atoms with Crippen LogP contribution in [0.25, 0.3) is 0 Å². The molecule has 2 fully saturated rings. The van der Waals surface area contributed by atoms with Gasteiger partial charge in [0, 0.05) is 0 Å². The Hall–Kier alpha value is -0.610. The first-order chi connectivity index (χ1) is 7.61. The first kappa shape index (κ1) is 11.9. The molecule has 0 radical (unpaired) electrons. The second-order valence-corrected chi connectivity index (χ2v) is 4.98. The normalized spacial score (nSPS) is 29.7. The van der Waals surface area contributed by atoms with E-state index in [1.807, 2.05) is 0 Å². The highest BCUT2D eigenvalue weighted by Gasteiger charge is 2.42. The zero-order valence-corrected chi connectivity index (χ0v) is 9.78. The van der Waals surface area contributed by atoms with Crippen LogP contribution in [0.4, 0.5) is 0 Å².